The van der Waals surface area contributed by atoms with Gasteiger partial charge in [-0.25, -0.2) is 14.2 Å². The molecule has 0 atom stereocenters. The van der Waals surface area contributed by atoms with Crippen LogP contribution < -0.4 is 9.80 Å². The van der Waals surface area contributed by atoms with Crippen molar-refractivity contribution in [1.29, 1.82) is 0 Å². The number of thioether (sulfide) groups is 1. The van der Waals surface area contributed by atoms with Crippen molar-refractivity contribution in [2.45, 2.75) is 35.9 Å². The van der Waals surface area contributed by atoms with Crippen LogP contribution in [0.2, 0.25) is 5.02 Å². The van der Waals surface area contributed by atoms with Gasteiger partial charge in [-0.15, -0.1) is 11.8 Å². The minimum Gasteiger partial charge on any atom is -0.481 e. The van der Waals surface area contributed by atoms with E-state index in [2.05, 4.69) is 4.98 Å². The van der Waals surface area contributed by atoms with Crippen LogP contribution in [0.4, 0.5) is 20.0 Å². The summed E-state index contributed by atoms with van der Waals surface area (Å²) in [6.07, 6.45) is 5.12. The summed E-state index contributed by atoms with van der Waals surface area (Å²) in [5.41, 5.74) is 0.199. The number of urea groups is 1. The number of benzene rings is 1. The van der Waals surface area contributed by atoms with Gasteiger partial charge < -0.3 is 5.11 Å². The lowest BCUT2D eigenvalue weighted by Gasteiger charge is -2.32. The number of hydrogen-bond acceptors (Lipinski definition) is 5. The monoisotopic (exact) mass is 443 g/mol. The standard InChI is InChI=1S/C18H19ClFN3O3S2/c1-22(17-21-9-16(28-17)27-10-15(24)25)18(26)23(12-4-2-3-5-12)14-7-6-11(19)8-13(14)20/h6-9,12H,2-5,10H2,1H3,(H,24,25). The van der Waals surface area contributed by atoms with E-state index in [9.17, 15) is 14.0 Å². The average molecular weight is 444 g/mol. The van der Waals surface area contributed by atoms with Gasteiger partial charge in [0.25, 0.3) is 0 Å². The molecule has 0 spiro atoms. The molecule has 0 saturated heterocycles. The largest absolute Gasteiger partial charge is 0.481 e. The molecule has 1 fully saturated rings. The summed E-state index contributed by atoms with van der Waals surface area (Å²) in [6.45, 7) is 0. The summed E-state index contributed by atoms with van der Waals surface area (Å²) < 4.78 is 15.3. The van der Waals surface area contributed by atoms with Crippen molar-refractivity contribution in [3.05, 3.63) is 35.2 Å². The number of anilines is 2. The number of halogens is 2. The molecule has 2 amide bonds. The van der Waals surface area contributed by atoms with Gasteiger partial charge in [0, 0.05) is 18.1 Å². The van der Waals surface area contributed by atoms with Crippen molar-refractivity contribution >= 4 is 57.5 Å². The van der Waals surface area contributed by atoms with Gasteiger partial charge in [-0.05, 0) is 31.0 Å². The zero-order chi connectivity index (χ0) is 20.3. The van der Waals surface area contributed by atoms with Crippen molar-refractivity contribution in [3.8, 4) is 0 Å². The number of carboxylic acid groups (broad SMARTS) is 1. The number of amides is 2. The fourth-order valence-corrected chi connectivity index (χ4v) is 4.94. The first-order valence-corrected chi connectivity index (χ1v) is 10.9. The lowest BCUT2D eigenvalue weighted by Crippen LogP contribution is -2.47. The smallest absolute Gasteiger partial charge is 0.330 e. The molecule has 2 aromatic rings. The van der Waals surface area contributed by atoms with E-state index in [-0.39, 0.29) is 28.5 Å². The number of thiazole rings is 1. The molecule has 28 heavy (non-hydrogen) atoms. The minimum absolute atomic E-state index is 0.0799. The number of carboxylic acids is 1. The number of carbonyl (C=O) groups is 2. The second kappa shape index (κ2) is 9.11. The second-order valence-corrected chi connectivity index (χ2v) is 9.11. The van der Waals surface area contributed by atoms with Gasteiger partial charge >= 0.3 is 12.0 Å². The van der Waals surface area contributed by atoms with E-state index in [1.54, 1.807) is 19.3 Å². The summed E-state index contributed by atoms with van der Waals surface area (Å²) >= 11 is 8.24. The molecule has 1 aliphatic rings. The van der Waals surface area contributed by atoms with Crippen LogP contribution in [0, 0.1) is 5.82 Å². The maximum atomic E-state index is 14.6. The third-order valence-electron chi connectivity index (χ3n) is 4.45. The van der Waals surface area contributed by atoms with E-state index >= 15 is 0 Å². The third-order valence-corrected chi connectivity index (χ3v) is 6.94. The average Bonchev–Trinajstić information content (AvgIpc) is 3.33. The molecule has 1 saturated carbocycles. The predicted molar refractivity (Wildman–Crippen MR) is 110 cm³/mol. The van der Waals surface area contributed by atoms with Crippen LogP contribution in [0.1, 0.15) is 25.7 Å². The number of hydrogen-bond donors (Lipinski definition) is 1. The number of rotatable bonds is 6. The van der Waals surface area contributed by atoms with E-state index in [1.807, 2.05) is 0 Å². The zero-order valence-electron chi connectivity index (χ0n) is 15.1. The molecule has 3 rings (SSSR count). The molecular weight excluding hydrogens is 425 g/mol. The Kier molecular flexibility index (Phi) is 6.79. The highest BCUT2D eigenvalue weighted by Crippen LogP contribution is 2.35. The van der Waals surface area contributed by atoms with Gasteiger partial charge in [0.15, 0.2) is 5.13 Å². The number of aliphatic carboxylic acids is 1. The molecular formula is C18H19ClFN3O3S2. The first-order chi connectivity index (χ1) is 13.4. The van der Waals surface area contributed by atoms with Gasteiger partial charge in [0.1, 0.15) is 5.82 Å². The molecule has 1 aliphatic carbocycles. The second-order valence-electron chi connectivity index (χ2n) is 6.39. The Hall–Kier alpha value is -1.84. The highest BCUT2D eigenvalue weighted by molar-refractivity contribution is 8.01. The summed E-state index contributed by atoms with van der Waals surface area (Å²) in [7, 11) is 1.59. The Morgan fingerprint density at radius 3 is 2.75 bits per heavy atom. The van der Waals surface area contributed by atoms with Gasteiger partial charge in [0.2, 0.25) is 0 Å². The Bertz CT molecular complexity index is 874. The first kappa shape index (κ1) is 20.9. The normalized spacial score (nSPS) is 14.2. The van der Waals surface area contributed by atoms with Crippen LogP contribution in [0.3, 0.4) is 0 Å². The first-order valence-electron chi connectivity index (χ1n) is 8.69. The van der Waals surface area contributed by atoms with Crippen LogP contribution in [-0.2, 0) is 4.79 Å². The molecule has 6 nitrogen and oxygen atoms in total. The molecule has 1 aromatic carbocycles. The van der Waals surface area contributed by atoms with Gasteiger partial charge in [-0.3, -0.25) is 14.6 Å². The van der Waals surface area contributed by atoms with Crippen molar-refractivity contribution in [3.63, 3.8) is 0 Å². The minimum atomic E-state index is -0.921. The van der Waals surface area contributed by atoms with Crippen molar-refractivity contribution in [2.75, 3.05) is 22.6 Å². The fraction of sp³-hybridized carbons (Fsp3) is 0.389. The molecule has 150 valence electrons. The molecule has 0 bridgehead atoms. The van der Waals surface area contributed by atoms with Gasteiger partial charge in [-0.1, -0.05) is 35.8 Å². The van der Waals surface area contributed by atoms with Gasteiger partial charge in [0.05, 0.1) is 21.8 Å². The maximum Gasteiger partial charge on any atom is 0.330 e. The number of nitrogens with zero attached hydrogens (tertiary/aromatic N) is 3. The highest BCUT2D eigenvalue weighted by Gasteiger charge is 2.33. The molecule has 1 aromatic heterocycles. The molecule has 0 radical (unpaired) electrons. The van der Waals surface area contributed by atoms with Crippen LogP contribution in [0.15, 0.2) is 28.6 Å². The highest BCUT2D eigenvalue weighted by atomic mass is 35.5. The van der Waals surface area contributed by atoms with Crippen molar-refractivity contribution in [1.82, 2.24) is 4.98 Å². The van der Waals surface area contributed by atoms with Crippen LogP contribution in [-0.4, -0.2) is 40.9 Å². The summed E-state index contributed by atoms with van der Waals surface area (Å²) in [6, 6.07) is 3.83. The molecule has 10 heteroatoms. The lowest BCUT2D eigenvalue weighted by atomic mass is 10.1. The summed E-state index contributed by atoms with van der Waals surface area (Å²) in [5, 5.41) is 9.49. The zero-order valence-corrected chi connectivity index (χ0v) is 17.5. The number of carbonyl (C=O) groups excluding carboxylic acids is 1. The third kappa shape index (κ3) is 4.76. The predicted octanol–water partition coefficient (Wildman–Crippen LogP) is 5.12. The van der Waals surface area contributed by atoms with E-state index < -0.39 is 11.8 Å². The molecule has 1 N–H and O–H groups in total. The van der Waals surface area contributed by atoms with Crippen LogP contribution in [0.25, 0.3) is 0 Å². The van der Waals surface area contributed by atoms with Crippen LogP contribution >= 0.6 is 34.7 Å². The maximum absolute atomic E-state index is 14.6. The number of aromatic nitrogens is 1. The lowest BCUT2D eigenvalue weighted by molar-refractivity contribution is -0.133. The molecule has 0 aliphatic heterocycles. The van der Waals surface area contributed by atoms with E-state index in [1.165, 1.54) is 33.3 Å². The topological polar surface area (TPSA) is 73.7 Å². The Morgan fingerprint density at radius 1 is 1.39 bits per heavy atom. The molecule has 1 heterocycles. The molecule has 0 unspecified atom stereocenters. The summed E-state index contributed by atoms with van der Waals surface area (Å²) in [5.74, 6) is -1.54. The van der Waals surface area contributed by atoms with E-state index in [0.29, 0.717) is 9.34 Å². The Labute approximate surface area is 175 Å². The van der Waals surface area contributed by atoms with Crippen molar-refractivity contribution < 1.29 is 19.1 Å². The van der Waals surface area contributed by atoms with Gasteiger partial charge in [-0.2, -0.15) is 0 Å². The quantitative estimate of drug-likeness (QED) is 0.627. The summed E-state index contributed by atoms with van der Waals surface area (Å²) in [4.78, 5) is 31.1. The van der Waals surface area contributed by atoms with Crippen LogP contribution in [0.5, 0.6) is 0 Å². The van der Waals surface area contributed by atoms with Crippen molar-refractivity contribution in [2.24, 2.45) is 0 Å². The van der Waals surface area contributed by atoms with E-state index in [4.69, 9.17) is 16.7 Å². The fourth-order valence-electron chi connectivity index (χ4n) is 3.14. The van der Waals surface area contributed by atoms with E-state index in [0.717, 1.165) is 37.4 Å². The SMILES string of the molecule is CN(C(=O)N(c1ccc(Cl)cc1F)C1CCCC1)c1ncc(SCC(=O)O)s1. The Balaban J connectivity index is 1.85. The Morgan fingerprint density at radius 2 is 2.11 bits per heavy atom.